The van der Waals surface area contributed by atoms with Crippen LogP contribution in [0.4, 0.5) is 4.79 Å². The molecule has 3 amide bonds. The standard InChI is InChI=1S/C43H48N8O4/c1-25(2)38(50-43(54)55-3)42(53)51-19-5-7-35(51)39-45-23-33(48-39)29-12-8-27(9-13-29)28-10-14-30(15-11-28)34-24-46-40(49-34)36-31-16-17-32(20-31)37(36)41(52)47-22-26-6-4-18-44-21-26/h4,6,8-15,18,21,23-25,31-32,35-38H,5,7,16-17,19-20,22H2,1-3H3,(H,45,48)(H,46,49)(H,47,52)(H,50,54)/t31?,32?,35-,36-,37-,38-/m0/s1. The summed E-state index contributed by atoms with van der Waals surface area (Å²) >= 11 is 0. The number of H-pyrrole nitrogens is 2. The predicted molar refractivity (Wildman–Crippen MR) is 208 cm³/mol. The minimum absolute atomic E-state index is 0.0750. The largest absolute Gasteiger partial charge is 0.453 e. The van der Waals surface area contributed by atoms with Gasteiger partial charge < -0.3 is 30.2 Å². The quantitative estimate of drug-likeness (QED) is 0.113. The number of pyridine rings is 1. The number of carbonyl (C=O) groups excluding carboxylic acids is 3. The second-order valence-electron chi connectivity index (χ2n) is 15.5. The molecule has 1 aliphatic heterocycles. The molecular formula is C43H48N8O4. The number of likely N-dealkylation sites (tertiary alicyclic amines) is 1. The van der Waals surface area contributed by atoms with Crippen LogP contribution in [-0.4, -0.2) is 67.4 Å². The number of rotatable bonds is 11. The monoisotopic (exact) mass is 740 g/mol. The van der Waals surface area contributed by atoms with Gasteiger partial charge in [0, 0.05) is 31.4 Å². The van der Waals surface area contributed by atoms with Gasteiger partial charge in [-0.1, -0.05) is 68.4 Å². The highest BCUT2D eigenvalue weighted by molar-refractivity contribution is 5.86. The second kappa shape index (κ2) is 15.5. The van der Waals surface area contributed by atoms with Crippen molar-refractivity contribution in [2.24, 2.45) is 23.7 Å². The average Bonchev–Trinajstić information content (AvgIpc) is 4.07. The molecule has 2 aliphatic carbocycles. The number of nitrogens with zero attached hydrogens (tertiary/aromatic N) is 4. The first-order valence-corrected chi connectivity index (χ1v) is 19.4. The van der Waals surface area contributed by atoms with Crippen molar-refractivity contribution in [1.82, 2.24) is 40.5 Å². The fourth-order valence-electron chi connectivity index (χ4n) is 9.05. The van der Waals surface area contributed by atoms with Crippen molar-refractivity contribution >= 4 is 17.9 Å². The summed E-state index contributed by atoms with van der Waals surface area (Å²) in [6.45, 7) is 4.91. The smallest absolute Gasteiger partial charge is 0.407 e. The highest BCUT2D eigenvalue weighted by Crippen LogP contribution is 2.56. The summed E-state index contributed by atoms with van der Waals surface area (Å²) in [7, 11) is 1.30. The fraction of sp³-hybridized carbons (Fsp3) is 0.395. The lowest BCUT2D eigenvalue weighted by atomic mass is 9.78. The molecule has 12 heteroatoms. The molecule has 0 radical (unpaired) electrons. The Morgan fingerprint density at radius 3 is 2.11 bits per heavy atom. The zero-order valence-corrected chi connectivity index (χ0v) is 31.5. The van der Waals surface area contributed by atoms with Crippen molar-refractivity contribution in [3.05, 3.63) is 103 Å². The van der Waals surface area contributed by atoms with Crippen LogP contribution in [0.3, 0.4) is 0 Å². The van der Waals surface area contributed by atoms with Crippen LogP contribution in [0.15, 0.2) is 85.5 Å². The van der Waals surface area contributed by atoms with Gasteiger partial charge in [-0.3, -0.25) is 14.6 Å². The predicted octanol–water partition coefficient (Wildman–Crippen LogP) is 7.02. The van der Waals surface area contributed by atoms with Crippen molar-refractivity contribution in [3.63, 3.8) is 0 Å². The number of aromatic nitrogens is 5. The number of methoxy groups -OCH3 is 1. The average molecular weight is 741 g/mol. The molecule has 3 aromatic heterocycles. The number of benzene rings is 2. The van der Waals surface area contributed by atoms with Crippen LogP contribution in [-0.2, 0) is 20.9 Å². The Labute approximate surface area is 320 Å². The molecule has 2 bridgehead atoms. The Morgan fingerprint density at radius 2 is 1.47 bits per heavy atom. The maximum Gasteiger partial charge on any atom is 0.407 e. The highest BCUT2D eigenvalue weighted by Gasteiger charge is 2.52. The van der Waals surface area contributed by atoms with E-state index in [0.717, 1.165) is 83.0 Å². The minimum Gasteiger partial charge on any atom is -0.453 e. The van der Waals surface area contributed by atoms with Gasteiger partial charge in [-0.25, -0.2) is 14.8 Å². The van der Waals surface area contributed by atoms with Crippen molar-refractivity contribution in [2.45, 2.75) is 70.5 Å². The molecule has 8 rings (SSSR count). The van der Waals surface area contributed by atoms with Crippen LogP contribution in [0.5, 0.6) is 0 Å². The van der Waals surface area contributed by atoms with Crippen LogP contribution < -0.4 is 10.6 Å². The molecule has 55 heavy (non-hydrogen) atoms. The number of carbonyl (C=O) groups is 3. The van der Waals surface area contributed by atoms with E-state index in [1.807, 2.05) is 43.3 Å². The third-order valence-corrected chi connectivity index (χ3v) is 11.9. The van der Waals surface area contributed by atoms with Crippen molar-refractivity contribution in [3.8, 4) is 33.6 Å². The molecule has 2 unspecified atom stereocenters. The summed E-state index contributed by atoms with van der Waals surface area (Å²) in [6.07, 6.45) is 11.6. The van der Waals surface area contributed by atoms with Crippen LogP contribution in [0.25, 0.3) is 33.6 Å². The SMILES string of the molecule is COC(=O)N[C@H](C(=O)N1CCC[C@H]1c1ncc(-c2ccc(-c3ccc(-c4cnc([C@H]5C6CCC(C6)[C@@H]5C(=O)NCc5cccnc5)[nH]4)cc3)cc2)[nH]1)C(C)C. The van der Waals surface area contributed by atoms with Crippen molar-refractivity contribution < 1.29 is 19.1 Å². The van der Waals surface area contributed by atoms with E-state index < -0.39 is 12.1 Å². The molecule has 0 spiro atoms. The summed E-state index contributed by atoms with van der Waals surface area (Å²) in [5.74, 6) is 2.42. The number of nitrogens with one attached hydrogen (secondary N) is 4. The van der Waals surface area contributed by atoms with E-state index in [-0.39, 0.29) is 35.6 Å². The Bertz CT molecular complexity index is 2130. The number of fused-ring (bicyclic) bond motifs is 2. The Morgan fingerprint density at radius 1 is 0.836 bits per heavy atom. The maximum absolute atomic E-state index is 13.5. The molecule has 4 N–H and O–H groups in total. The fourth-order valence-corrected chi connectivity index (χ4v) is 9.05. The Hall–Kier alpha value is -5.78. The molecule has 5 aromatic rings. The molecule has 6 atom stereocenters. The van der Waals surface area contributed by atoms with Gasteiger partial charge in [0.15, 0.2) is 0 Å². The number of imidazole rings is 2. The first-order chi connectivity index (χ1) is 26.8. The van der Waals surface area contributed by atoms with E-state index in [2.05, 4.69) is 79.1 Å². The summed E-state index contributed by atoms with van der Waals surface area (Å²) in [4.78, 5) is 61.6. The number of hydrogen-bond acceptors (Lipinski definition) is 7. The number of alkyl carbamates (subject to hydrolysis) is 1. The van der Waals surface area contributed by atoms with Gasteiger partial charge in [0.2, 0.25) is 11.8 Å². The van der Waals surface area contributed by atoms with E-state index in [1.54, 1.807) is 12.4 Å². The second-order valence-corrected chi connectivity index (χ2v) is 15.5. The van der Waals surface area contributed by atoms with E-state index in [0.29, 0.717) is 24.9 Å². The molecule has 2 saturated carbocycles. The number of ether oxygens (including phenoxy) is 1. The number of aromatic amines is 2. The lowest BCUT2D eigenvalue weighted by Crippen LogP contribution is -2.51. The van der Waals surface area contributed by atoms with Gasteiger partial charge in [-0.2, -0.15) is 0 Å². The van der Waals surface area contributed by atoms with Crippen molar-refractivity contribution in [1.29, 1.82) is 0 Å². The third-order valence-electron chi connectivity index (χ3n) is 11.9. The van der Waals surface area contributed by atoms with Crippen LogP contribution in [0.2, 0.25) is 0 Å². The van der Waals surface area contributed by atoms with Gasteiger partial charge in [0.25, 0.3) is 0 Å². The minimum atomic E-state index is -0.676. The molecule has 3 aliphatic rings. The number of amides is 3. The molecular weight excluding hydrogens is 693 g/mol. The summed E-state index contributed by atoms with van der Waals surface area (Å²) < 4.78 is 4.76. The highest BCUT2D eigenvalue weighted by atomic mass is 16.5. The van der Waals surface area contributed by atoms with Gasteiger partial charge in [-0.15, -0.1) is 0 Å². The third kappa shape index (κ3) is 7.37. The molecule has 3 fully saturated rings. The van der Waals surface area contributed by atoms with E-state index >= 15 is 0 Å². The van der Waals surface area contributed by atoms with Crippen LogP contribution in [0.1, 0.15) is 75.1 Å². The first kappa shape index (κ1) is 36.2. The molecule has 284 valence electrons. The normalized spacial score (nSPS) is 22.2. The molecule has 1 saturated heterocycles. The number of hydrogen-bond donors (Lipinski definition) is 4. The topological polar surface area (TPSA) is 158 Å². The lowest BCUT2D eigenvalue weighted by Gasteiger charge is -2.30. The molecule has 4 heterocycles. The summed E-state index contributed by atoms with van der Waals surface area (Å²) in [5, 5.41) is 5.88. The molecule has 2 aromatic carbocycles. The Balaban J connectivity index is 0.918. The first-order valence-electron chi connectivity index (χ1n) is 19.4. The van der Waals surface area contributed by atoms with E-state index in [4.69, 9.17) is 9.72 Å². The maximum atomic E-state index is 13.5. The lowest BCUT2D eigenvalue weighted by molar-refractivity contribution is -0.135. The Kier molecular flexibility index (Phi) is 10.2. The molecule has 12 nitrogen and oxygen atoms in total. The summed E-state index contributed by atoms with van der Waals surface area (Å²) in [5.41, 5.74) is 7.06. The van der Waals surface area contributed by atoms with Crippen molar-refractivity contribution in [2.75, 3.05) is 13.7 Å². The van der Waals surface area contributed by atoms with Crippen LogP contribution in [0, 0.1) is 23.7 Å². The zero-order valence-electron chi connectivity index (χ0n) is 31.5. The van der Waals surface area contributed by atoms with E-state index in [1.165, 1.54) is 7.11 Å². The van der Waals surface area contributed by atoms with Gasteiger partial charge in [-0.05, 0) is 83.7 Å². The summed E-state index contributed by atoms with van der Waals surface area (Å²) in [6, 6.07) is 19.8. The van der Waals surface area contributed by atoms with Gasteiger partial charge in [0.1, 0.15) is 17.7 Å². The van der Waals surface area contributed by atoms with E-state index in [9.17, 15) is 14.4 Å². The zero-order chi connectivity index (χ0) is 38.1. The van der Waals surface area contributed by atoms with Crippen LogP contribution >= 0.6 is 0 Å². The van der Waals surface area contributed by atoms with Gasteiger partial charge >= 0.3 is 6.09 Å². The van der Waals surface area contributed by atoms with Gasteiger partial charge in [0.05, 0.1) is 42.9 Å².